The van der Waals surface area contributed by atoms with Gasteiger partial charge < -0.3 is 4.74 Å². The van der Waals surface area contributed by atoms with E-state index in [9.17, 15) is 4.39 Å². The number of nitrogens with one attached hydrogen (secondary N) is 1. The molecule has 0 amide bonds. The van der Waals surface area contributed by atoms with Crippen LogP contribution in [0.2, 0.25) is 5.02 Å². The van der Waals surface area contributed by atoms with Crippen LogP contribution in [0.25, 0.3) is 0 Å². The van der Waals surface area contributed by atoms with E-state index in [0.717, 1.165) is 5.56 Å². The van der Waals surface area contributed by atoms with Crippen LogP contribution >= 0.6 is 23.4 Å². The molecule has 0 aliphatic heterocycles. The molecule has 0 aliphatic rings. The molecule has 2 aromatic carbocycles. The van der Waals surface area contributed by atoms with E-state index in [-0.39, 0.29) is 12.4 Å². The lowest BCUT2D eigenvalue weighted by Gasteiger charge is -2.08. The number of ether oxygens (including phenoxy) is 1. The lowest BCUT2D eigenvalue weighted by atomic mass is 10.2. The Hall–Kier alpha value is -2.23. The van der Waals surface area contributed by atoms with Crippen molar-refractivity contribution in [2.24, 2.45) is 4.99 Å². The van der Waals surface area contributed by atoms with Crippen molar-refractivity contribution in [3.05, 3.63) is 58.9 Å². The number of thioether (sulfide) groups is 1. The predicted octanol–water partition coefficient (Wildman–Crippen LogP) is 4.48. The van der Waals surface area contributed by atoms with Crippen molar-refractivity contribution in [1.29, 1.82) is 5.26 Å². The Morgan fingerprint density at radius 3 is 2.87 bits per heavy atom. The first kappa shape index (κ1) is 17.1. The van der Waals surface area contributed by atoms with Gasteiger partial charge in [0.1, 0.15) is 18.2 Å². The zero-order chi connectivity index (χ0) is 16.7. The summed E-state index contributed by atoms with van der Waals surface area (Å²) in [7, 11) is 0. The summed E-state index contributed by atoms with van der Waals surface area (Å²) in [6.07, 6.45) is 3.61. The van der Waals surface area contributed by atoms with E-state index in [1.807, 2.05) is 6.19 Å². The van der Waals surface area contributed by atoms with Crippen molar-refractivity contribution in [2.45, 2.75) is 6.61 Å². The number of amidine groups is 1. The van der Waals surface area contributed by atoms with Crippen molar-refractivity contribution in [1.82, 2.24) is 5.32 Å². The van der Waals surface area contributed by atoms with E-state index < -0.39 is 0 Å². The zero-order valence-corrected chi connectivity index (χ0v) is 13.8. The maximum atomic E-state index is 13.1. The lowest BCUT2D eigenvalue weighted by molar-refractivity contribution is 0.305. The average molecular weight is 350 g/mol. The van der Waals surface area contributed by atoms with E-state index in [4.69, 9.17) is 21.6 Å². The quantitative estimate of drug-likeness (QED) is 0.382. The van der Waals surface area contributed by atoms with Crippen molar-refractivity contribution in [2.75, 3.05) is 6.26 Å². The van der Waals surface area contributed by atoms with Gasteiger partial charge in [0.15, 0.2) is 11.4 Å². The molecule has 0 saturated carbocycles. The Bertz CT molecular complexity index is 761. The van der Waals surface area contributed by atoms with Crippen LogP contribution in [0, 0.1) is 17.3 Å². The molecule has 0 bridgehead atoms. The third-order valence-corrected chi connectivity index (χ3v) is 3.67. The van der Waals surface area contributed by atoms with Crippen LogP contribution in [0.3, 0.4) is 0 Å². The third-order valence-electron chi connectivity index (χ3n) is 2.79. The van der Waals surface area contributed by atoms with Crippen LogP contribution in [0.5, 0.6) is 5.75 Å². The normalized spacial score (nSPS) is 11.0. The first-order valence-electron chi connectivity index (χ1n) is 6.57. The van der Waals surface area contributed by atoms with Gasteiger partial charge in [-0.05, 0) is 36.1 Å². The van der Waals surface area contributed by atoms with Gasteiger partial charge in [0.25, 0.3) is 0 Å². The van der Waals surface area contributed by atoms with Gasteiger partial charge in [-0.3, -0.25) is 5.32 Å². The first-order valence-corrected chi connectivity index (χ1v) is 8.17. The SMILES string of the molecule is CSC(=Nc1ccc(OCc2cccc(F)c2)cc1Cl)NC#N. The summed E-state index contributed by atoms with van der Waals surface area (Å²) in [5.74, 6) is 0.251. The molecule has 7 heteroatoms. The fraction of sp³-hybridized carbons (Fsp3) is 0.125. The molecule has 2 aromatic rings. The van der Waals surface area contributed by atoms with Gasteiger partial charge in [0.2, 0.25) is 0 Å². The molecule has 0 heterocycles. The minimum absolute atomic E-state index is 0.239. The molecule has 0 radical (unpaired) electrons. The largest absolute Gasteiger partial charge is 0.489 e. The summed E-state index contributed by atoms with van der Waals surface area (Å²) in [4.78, 5) is 4.25. The van der Waals surface area contributed by atoms with Crippen LogP contribution in [0.1, 0.15) is 5.56 Å². The maximum absolute atomic E-state index is 13.1. The Kier molecular flexibility index (Phi) is 6.27. The van der Waals surface area contributed by atoms with Gasteiger partial charge in [-0.25, -0.2) is 9.38 Å². The van der Waals surface area contributed by atoms with Crippen LogP contribution in [-0.4, -0.2) is 11.4 Å². The zero-order valence-electron chi connectivity index (χ0n) is 12.2. The minimum Gasteiger partial charge on any atom is -0.489 e. The number of halogens is 2. The Morgan fingerprint density at radius 2 is 2.22 bits per heavy atom. The van der Waals surface area contributed by atoms with E-state index >= 15 is 0 Å². The standard InChI is InChI=1S/C16H13ClFN3OS/c1-23-16(20-10-19)21-15-6-5-13(8-14(15)17)22-9-11-3-2-4-12(18)7-11/h2-8H,9H2,1H3,(H,20,21). The molecule has 0 aliphatic carbocycles. The molecule has 1 N–H and O–H groups in total. The monoisotopic (exact) mass is 349 g/mol. The summed E-state index contributed by atoms with van der Waals surface area (Å²) < 4.78 is 18.7. The fourth-order valence-corrected chi connectivity index (χ4v) is 2.29. The highest BCUT2D eigenvalue weighted by molar-refractivity contribution is 8.13. The summed E-state index contributed by atoms with van der Waals surface area (Å²) in [5, 5.41) is 11.9. The van der Waals surface area contributed by atoms with Crippen molar-refractivity contribution in [3.8, 4) is 11.9 Å². The second-order valence-corrected chi connectivity index (χ2v) is 5.59. The van der Waals surface area contributed by atoms with E-state index in [1.54, 1.807) is 36.6 Å². The highest BCUT2D eigenvalue weighted by atomic mass is 35.5. The predicted molar refractivity (Wildman–Crippen MR) is 91.5 cm³/mol. The molecule has 0 spiro atoms. The minimum atomic E-state index is -0.302. The summed E-state index contributed by atoms with van der Waals surface area (Å²) in [5.41, 5.74) is 1.25. The topological polar surface area (TPSA) is 57.4 Å². The Morgan fingerprint density at radius 1 is 1.39 bits per heavy atom. The van der Waals surface area contributed by atoms with E-state index in [2.05, 4.69) is 10.3 Å². The molecule has 0 saturated heterocycles. The summed E-state index contributed by atoms with van der Waals surface area (Å²) in [6.45, 7) is 0.239. The molecule has 0 aromatic heterocycles. The van der Waals surface area contributed by atoms with Gasteiger partial charge in [0, 0.05) is 6.07 Å². The third kappa shape index (κ3) is 5.16. The number of nitriles is 1. The van der Waals surface area contributed by atoms with Crippen LogP contribution in [-0.2, 0) is 6.61 Å². The van der Waals surface area contributed by atoms with Crippen LogP contribution in [0.4, 0.5) is 10.1 Å². The highest BCUT2D eigenvalue weighted by Crippen LogP contribution is 2.30. The van der Waals surface area contributed by atoms with Crippen LogP contribution < -0.4 is 10.1 Å². The van der Waals surface area contributed by atoms with Gasteiger partial charge in [0.05, 0.1) is 10.7 Å². The highest BCUT2D eigenvalue weighted by Gasteiger charge is 2.05. The second-order valence-electron chi connectivity index (χ2n) is 4.39. The molecule has 118 valence electrons. The Balaban J connectivity index is 2.08. The number of nitrogens with zero attached hydrogens (tertiary/aromatic N) is 2. The average Bonchev–Trinajstić information content (AvgIpc) is 2.54. The first-order chi connectivity index (χ1) is 11.1. The fourth-order valence-electron chi connectivity index (χ4n) is 1.74. The summed E-state index contributed by atoms with van der Waals surface area (Å²) in [6, 6.07) is 11.2. The molecule has 4 nitrogen and oxygen atoms in total. The number of aliphatic imine (C=N–C) groups is 1. The van der Waals surface area contributed by atoms with E-state index in [1.165, 1.54) is 23.9 Å². The molecule has 23 heavy (non-hydrogen) atoms. The van der Waals surface area contributed by atoms with Gasteiger partial charge in [-0.15, -0.1) is 0 Å². The van der Waals surface area contributed by atoms with Gasteiger partial charge in [-0.1, -0.05) is 35.5 Å². The van der Waals surface area contributed by atoms with Gasteiger partial charge in [-0.2, -0.15) is 5.26 Å². The molecule has 0 atom stereocenters. The molecule has 0 fully saturated rings. The second kappa shape index (κ2) is 8.42. The molecule has 0 unspecified atom stereocenters. The molecule has 2 rings (SSSR count). The maximum Gasteiger partial charge on any atom is 0.183 e. The lowest BCUT2D eigenvalue weighted by Crippen LogP contribution is -2.12. The van der Waals surface area contributed by atoms with E-state index in [0.29, 0.717) is 21.6 Å². The number of benzene rings is 2. The Labute approximate surface area is 142 Å². The number of rotatable bonds is 4. The number of hydrogen-bond acceptors (Lipinski definition) is 4. The van der Waals surface area contributed by atoms with Crippen molar-refractivity contribution < 1.29 is 9.13 Å². The van der Waals surface area contributed by atoms with Crippen molar-refractivity contribution >= 4 is 34.2 Å². The summed E-state index contributed by atoms with van der Waals surface area (Å²) >= 11 is 7.47. The van der Waals surface area contributed by atoms with Gasteiger partial charge >= 0.3 is 0 Å². The molecular formula is C16H13ClFN3OS. The van der Waals surface area contributed by atoms with Crippen molar-refractivity contribution in [3.63, 3.8) is 0 Å². The smallest absolute Gasteiger partial charge is 0.183 e. The number of hydrogen-bond donors (Lipinski definition) is 1. The molecular weight excluding hydrogens is 337 g/mol. The van der Waals surface area contributed by atoms with Crippen LogP contribution in [0.15, 0.2) is 47.5 Å².